The van der Waals surface area contributed by atoms with Crippen LogP contribution in [0, 0.1) is 23.7 Å². The second kappa shape index (κ2) is 27.0. The van der Waals surface area contributed by atoms with Crippen LogP contribution in [0.15, 0.2) is 0 Å². The topological polar surface area (TPSA) is 38.8 Å². The van der Waals surface area contributed by atoms with E-state index in [4.69, 9.17) is 9.05 Å². The maximum atomic E-state index is 14.5. The first kappa shape index (κ1) is 41.3. The van der Waals surface area contributed by atoms with Gasteiger partial charge in [-0.25, -0.2) is 0 Å². The third-order valence-electron chi connectivity index (χ3n) is 10.8. The Hall–Kier alpha value is 0.110. The fourth-order valence-electron chi connectivity index (χ4n) is 7.54. The third kappa shape index (κ3) is 20.9. The average Bonchev–Trinajstić information content (AvgIpc) is 3.66. The summed E-state index contributed by atoms with van der Waals surface area (Å²) >= 11 is 0. The number of fused-ring (bicyclic) bond motifs is 1. The number of likely N-dealkylation sites (tertiary alicyclic amines) is 1. The fourth-order valence-corrected chi connectivity index (χ4v) is 9.28. The highest BCUT2D eigenvalue weighted by Crippen LogP contribution is 2.51. The zero-order valence-electron chi connectivity index (χ0n) is 31.1. The molecule has 4 unspecified atom stereocenters. The van der Waals surface area contributed by atoms with Crippen LogP contribution >= 0.6 is 7.60 Å². The van der Waals surface area contributed by atoms with Crippen LogP contribution in [-0.4, -0.2) is 43.9 Å². The zero-order chi connectivity index (χ0) is 32.4. The fraction of sp³-hybridized carbons (Fsp3) is 1.00. The van der Waals surface area contributed by atoms with E-state index in [2.05, 4.69) is 32.6 Å². The number of nitrogens with zero attached hydrogens (tertiary/aromatic N) is 1. The van der Waals surface area contributed by atoms with E-state index >= 15 is 0 Å². The van der Waals surface area contributed by atoms with E-state index in [-0.39, 0.29) is 0 Å². The number of rotatable bonds is 34. The van der Waals surface area contributed by atoms with Crippen molar-refractivity contribution in [3.05, 3.63) is 0 Å². The molecule has 4 nitrogen and oxygen atoms in total. The Morgan fingerprint density at radius 3 is 1.29 bits per heavy atom. The lowest BCUT2D eigenvalue weighted by Gasteiger charge is -2.26. The van der Waals surface area contributed by atoms with Crippen molar-refractivity contribution in [2.75, 3.05) is 39.0 Å². The Morgan fingerprint density at radius 2 is 0.889 bits per heavy atom. The van der Waals surface area contributed by atoms with Crippen molar-refractivity contribution in [1.29, 1.82) is 0 Å². The Labute approximate surface area is 282 Å². The van der Waals surface area contributed by atoms with E-state index in [1.165, 1.54) is 174 Å². The van der Waals surface area contributed by atoms with Crippen LogP contribution in [0.5, 0.6) is 0 Å². The van der Waals surface area contributed by atoms with Crippen molar-refractivity contribution >= 4 is 7.60 Å². The molecule has 0 radical (unpaired) electrons. The minimum absolute atomic E-state index is 0.517. The van der Waals surface area contributed by atoms with Gasteiger partial charge in [-0.05, 0) is 68.7 Å². The van der Waals surface area contributed by atoms with Gasteiger partial charge in [-0.1, -0.05) is 156 Å². The van der Waals surface area contributed by atoms with Crippen LogP contribution in [-0.2, 0) is 13.6 Å². The molecule has 0 aromatic heterocycles. The van der Waals surface area contributed by atoms with E-state index < -0.39 is 7.60 Å². The van der Waals surface area contributed by atoms with Crippen molar-refractivity contribution < 1.29 is 13.6 Å². The SMILES string of the molecule is CCCCCCCCC(CCCCCC)COP(=O)(CCCN1CC2CC2C1)OCC(CCCCCC)CCCCCCCC. The molecule has 0 aromatic rings. The Balaban J connectivity index is 1.94. The molecule has 1 heterocycles. The van der Waals surface area contributed by atoms with E-state index in [9.17, 15) is 4.57 Å². The van der Waals surface area contributed by atoms with Gasteiger partial charge in [0.1, 0.15) is 0 Å². The molecule has 1 aliphatic carbocycles. The van der Waals surface area contributed by atoms with Gasteiger partial charge in [0.25, 0.3) is 0 Å². The normalized spacial score (nSPS) is 20.7. The predicted octanol–water partition coefficient (Wildman–Crippen LogP) is 13.2. The molecular weight excluding hydrogens is 573 g/mol. The summed E-state index contributed by atoms with van der Waals surface area (Å²) in [6.45, 7) is 14.0. The molecule has 268 valence electrons. The average molecular weight is 654 g/mol. The molecule has 2 rings (SSSR count). The van der Waals surface area contributed by atoms with Gasteiger partial charge in [0, 0.05) is 13.1 Å². The second-order valence-corrected chi connectivity index (χ2v) is 17.5. The zero-order valence-corrected chi connectivity index (χ0v) is 32.0. The van der Waals surface area contributed by atoms with E-state index in [1.54, 1.807) is 0 Å². The summed E-state index contributed by atoms with van der Waals surface area (Å²) in [6.07, 6.45) is 34.2. The lowest BCUT2D eigenvalue weighted by Crippen LogP contribution is -2.25. The minimum Gasteiger partial charge on any atom is -0.308 e. The Morgan fingerprint density at radius 1 is 0.533 bits per heavy atom. The van der Waals surface area contributed by atoms with Gasteiger partial charge in [0.2, 0.25) is 0 Å². The standard InChI is InChI=1S/C40H80NO3P/c1-5-9-13-17-19-23-28-37(26-21-15-11-7-3)35-43-45(42,31-25-30-41-33-39-32-40(39)34-41)44-36-38(27-22-16-12-8-4)29-24-20-18-14-10-6-2/h37-40H,5-36H2,1-4H3. The quantitative estimate of drug-likeness (QED) is 0.0512. The van der Waals surface area contributed by atoms with E-state index in [1.807, 2.05) is 0 Å². The van der Waals surface area contributed by atoms with Gasteiger partial charge >= 0.3 is 7.60 Å². The summed E-state index contributed by atoms with van der Waals surface area (Å²) in [5, 5.41) is 0. The molecule has 0 aromatic carbocycles. The maximum absolute atomic E-state index is 14.5. The second-order valence-electron chi connectivity index (χ2n) is 15.3. The molecule has 0 N–H and O–H groups in total. The molecule has 0 bridgehead atoms. The lowest BCUT2D eigenvalue weighted by atomic mass is 9.95. The van der Waals surface area contributed by atoms with Crippen molar-refractivity contribution in [3.63, 3.8) is 0 Å². The molecule has 1 saturated carbocycles. The summed E-state index contributed by atoms with van der Waals surface area (Å²) in [6, 6.07) is 0. The number of unbranched alkanes of at least 4 members (excludes halogenated alkanes) is 16. The van der Waals surface area contributed by atoms with Crippen LogP contribution < -0.4 is 0 Å². The molecule has 0 amide bonds. The van der Waals surface area contributed by atoms with Crippen LogP contribution in [0.2, 0.25) is 0 Å². The molecule has 45 heavy (non-hydrogen) atoms. The molecule has 2 aliphatic rings. The first-order valence-electron chi connectivity index (χ1n) is 20.6. The third-order valence-corrected chi connectivity index (χ3v) is 12.8. The van der Waals surface area contributed by atoms with E-state index in [0.717, 1.165) is 24.8 Å². The summed E-state index contributed by atoms with van der Waals surface area (Å²) in [5.74, 6) is 2.94. The first-order valence-corrected chi connectivity index (χ1v) is 22.4. The number of piperidine rings is 1. The van der Waals surface area contributed by atoms with Gasteiger partial charge in [-0.15, -0.1) is 0 Å². The first-order chi connectivity index (χ1) is 22.0. The summed E-state index contributed by atoms with van der Waals surface area (Å²) < 4.78 is 27.5. The molecule has 5 heteroatoms. The van der Waals surface area contributed by atoms with Crippen molar-refractivity contribution in [2.24, 2.45) is 23.7 Å². The number of hydrogen-bond donors (Lipinski definition) is 0. The van der Waals surface area contributed by atoms with Crippen molar-refractivity contribution in [3.8, 4) is 0 Å². The van der Waals surface area contributed by atoms with Crippen LogP contribution in [0.4, 0.5) is 0 Å². The van der Waals surface area contributed by atoms with Gasteiger partial charge in [-0.2, -0.15) is 0 Å². The van der Waals surface area contributed by atoms with Crippen molar-refractivity contribution in [1.82, 2.24) is 4.90 Å². The smallest absolute Gasteiger partial charge is 0.308 e. The van der Waals surface area contributed by atoms with Crippen LogP contribution in [0.25, 0.3) is 0 Å². The van der Waals surface area contributed by atoms with Crippen LogP contribution in [0.3, 0.4) is 0 Å². The van der Waals surface area contributed by atoms with Gasteiger partial charge in [0.05, 0.1) is 19.4 Å². The Bertz CT molecular complexity index is 668. The van der Waals surface area contributed by atoms with Crippen molar-refractivity contribution in [2.45, 2.75) is 195 Å². The maximum Gasteiger partial charge on any atom is 0.330 e. The molecule has 0 spiro atoms. The minimum atomic E-state index is -3.11. The molecule has 4 atom stereocenters. The highest BCUT2D eigenvalue weighted by atomic mass is 31.2. The van der Waals surface area contributed by atoms with Crippen LogP contribution in [0.1, 0.15) is 195 Å². The largest absolute Gasteiger partial charge is 0.330 e. The monoisotopic (exact) mass is 654 g/mol. The molecule has 2 fully saturated rings. The highest BCUT2D eigenvalue weighted by molar-refractivity contribution is 7.53. The molecular formula is C40H80NO3P. The highest BCUT2D eigenvalue weighted by Gasteiger charge is 2.44. The summed E-state index contributed by atoms with van der Waals surface area (Å²) in [7, 11) is -3.11. The summed E-state index contributed by atoms with van der Waals surface area (Å²) in [4.78, 5) is 2.60. The lowest BCUT2D eigenvalue weighted by molar-refractivity contribution is 0.145. The van der Waals surface area contributed by atoms with E-state index in [0.29, 0.717) is 31.2 Å². The Kier molecular flexibility index (Phi) is 24.8. The number of hydrogen-bond acceptors (Lipinski definition) is 4. The summed E-state index contributed by atoms with van der Waals surface area (Å²) in [5.41, 5.74) is 0. The molecule has 1 aliphatic heterocycles. The molecule has 1 saturated heterocycles. The van der Waals surface area contributed by atoms with Gasteiger partial charge < -0.3 is 13.9 Å². The van der Waals surface area contributed by atoms with Gasteiger partial charge in [0.15, 0.2) is 0 Å². The predicted molar refractivity (Wildman–Crippen MR) is 198 cm³/mol. The van der Waals surface area contributed by atoms with Gasteiger partial charge in [-0.3, -0.25) is 4.57 Å².